The molecule has 2 rings (SSSR count). The first-order valence-electron chi connectivity index (χ1n) is 7.43. The summed E-state index contributed by atoms with van der Waals surface area (Å²) in [5.41, 5.74) is 1.03. The zero-order valence-electron chi connectivity index (χ0n) is 13.5. The Labute approximate surface area is 130 Å². The third-order valence-corrected chi connectivity index (χ3v) is 3.64. The molecule has 0 spiro atoms. The van der Waals surface area contributed by atoms with Crippen LogP contribution >= 0.6 is 0 Å². The summed E-state index contributed by atoms with van der Waals surface area (Å²) in [6, 6.07) is 7.24. The van der Waals surface area contributed by atoms with Crippen LogP contribution in [0.3, 0.4) is 0 Å². The van der Waals surface area contributed by atoms with E-state index in [1.807, 2.05) is 12.1 Å². The standard InChI is InChI=1S/C17H23NO4/c1-11(2)18(9-12(3)19)10-13-7-17(20)22-16-8-14(21-4)5-6-15(13)16/h5-8,11-12,19H,9-10H2,1-4H3. The van der Waals surface area contributed by atoms with Crippen LogP contribution in [0, 0.1) is 0 Å². The quantitative estimate of drug-likeness (QED) is 0.830. The molecule has 0 radical (unpaired) electrons. The molecule has 2 aromatic rings. The highest BCUT2D eigenvalue weighted by Crippen LogP contribution is 2.24. The lowest BCUT2D eigenvalue weighted by Gasteiger charge is -2.28. The minimum Gasteiger partial charge on any atom is -0.497 e. The van der Waals surface area contributed by atoms with E-state index in [9.17, 15) is 9.90 Å². The van der Waals surface area contributed by atoms with Crippen LogP contribution in [0.1, 0.15) is 26.3 Å². The topological polar surface area (TPSA) is 62.9 Å². The van der Waals surface area contributed by atoms with Gasteiger partial charge in [-0.3, -0.25) is 4.90 Å². The lowest BCUT2D eigenvalue weighted by atomic mass is 10.1. The van der Waals surface area contributed by atoms with Gasteiger partial charge in [0.05, 0.1) is 13.2 Å². The Morgan fingerprint density at radius 2 is 2.00 bits per heavy atom. The summed E-state index contributed by atoms with van der Waals surface area (Å²) in [6.07, 6.45) is -0.422. The molecule has 5 heteroatoms. The van der Waals surface area contributed by atoms with Crippen LogP contribution in [-0.4, -0.2) is 35.8 Å². The SMILES string of the molecule is COc1ccc2c(CN(CC(C)O)C(C)C)cc(=O)oc2c1. The maximum absolute atomic E-state index is 11.8. The Kier molecular flexibility index (Phi) is 5.21. The van der Waals surface area contributed by atoms with Gasteiger partial charge in [0, 0.05) is 36.7 Å². The molecule has 0 amide bonds. The highest BCUT2D eigenvalue weighted by Gasteiger charge is 2.15. The van der Waals surface area contributed by atoms with Crippen LogP contribution in [0.2, 0.25) is 0 Å². The zero-order valence-corrected chi connectivity index (χ0v) is 13.5. The van der Waals surface area contributed by atoms with E-state index < -0.39 is 6.10 Å². The Bertz CT molecular complexity index is 691. The Hall–Kier alpha value is -1.85. The highest BCUT2D eigenvalue weighted by molar-refractivity contribution is 5.81. The molecule has 0 bridgehead atoms. The van der Waals surface area contributed by atoms with Gasteiger partial charge in [-0.2, -0.15) is 0 Å². The van der Waals surface area contributed by atoms with Gasteiger partial charge in [-0.05, 0) is 38.5 Å². The van der Waals surface area contributed by atoms with E-state index in [-0.39, 0.29) is 11.7 Å². The van der Waals surface area contributed by atoms with Crippen LogP contribution in [0.15, 0.2) is 33.5 Å². The fraction of sp³-hybridized carbons (Fsp3) is 0.471. The first-order valence-corrected chi connectivity index (χ1v) is 7.43. The predicted molar refractivity (Wildman–Crippen MR) is 86.3 cm³/mol. The van der Waals surface area contributed by atoms with Crippen LogP contribution < -0.4 is 10.4 Å². The van der Waals surface area contributed by atoms with E-state index in [0.29, 0.717) is 24.4 Å². The molecule has 1 aromatic carbocycles. The number of rotatable bonds is 6. The molecule has 1 unspecified atom stereocenters. The van der Waals surface area contributed by atoms with E-state index in [1.165, 1.54) is 6.07 Å². The Balaban J connectivity index is 2.43. The second-order valence-electron chi connectivity index (χ2n) is 5.82. The molecule has 1 N–H and O–H groups in total. The van der Waals surface area contributed by atoms with Crippen molar-refractivity contribution in [1.82, 2.24) is 4.90 Å². The third-order valence-electron chi connectivity index (χ3n) is 3.64. The van der Waals surface area contributed by atoms with E-state index >= 15 is 0 Å². The lowest BCUT2D eigenvalue weighted by Crippen LogP contribution is -2.36. The van der Waals surface area contributed by atoms with Gasteiger partial charge in [-0.25, -0.2) is 4.79 Å². The molecule has 0 saturated carbocycles. The maximum Gasteiger partial charge on any atom is 0.336 e. The third kappa shape index (κ3) is 3.87. The predicted octanol–water partition coefficient (Wildman–Crippen LogP) is 2.39. The number of fused-ring (bicyclic) bond motifs is 1. The molecule has 22 heavy (non-hydrogen) atoms. The molecular weight excluding hydrogens is 282 g/mol. The largest absolute Gasteiger partial charge is 0.497 e. The van der Waals surface area contributed by atoms with Gasteiger partial charge in [-0.1, -0.05) is 0 Å². The number of hydrogen-bond acceptors (Lipinski definition) is 5. The van der Waals surface area contributed by atoms with Gasteiger partial charge in [0.1, 0.15) is 11.3 Å². The zero-order chi connectivity index (χ0) is 16.3. The summed E-state index contributed by atoms with van der Waals surface area (Å²) in [4.78, 5) is 13.9. The van der Waals surface area contributed by atoms with E-state index in [0.717, 1.165) is 10.9 Å². The number of benzene rings is 1. The van der Waals surface area contributed by atoms with Crippen molar-refractivity contribution in [2.75, 3.05) is 13.7 Å². The van der Waals surface area contributed by atoms with Crippen molar-refractivity contribution in [3.05, 3.63) is 40.2 Å². The summed E-state index contributed by atoms with van der Waals surface area (Å²) < 4.78 is 10.4. The van der Waals surface area contributed by atoms with Crippen molar-refractivity contribution >= 4 is 11.0 Å². The van der Waals surface area contributed by atoms with E-state index in [4.69, 9.17) is 9.15 Å². The molecule has 1 aromatic heterocycles. The van der Waals surface area contributed by atoms with Crippen LogP contribution in [0.5, 0.6) is 5.75 Å². The van der Waals surface area contributed by atoms with Crippen LogP contribution in [0.4, 0.5) is 0 Å². The van der Waals surface area contributed by atoms with Crippen LogP contribution in [0.25, 0.3) is 11.0 Å². The van der Waals surface area contributed by atoms with Gasteiger partial charge in [0.15, 0.2) is 0 Å². The molecule has 0 aliphatic rings. The molecular formula is C17H23NO4. The average molecular weight is 305 g/mol. The fourth-order valence-electron chi connectivity index (χ4n) is 2.48. The molecule has 5 nitrogen and oxygen atoms in total. The Morgan fingerprint density at radius 3 is 2.59 bits per heavy atom. The molecule has 0 saturated heterocycles. The summed E-state index contributed by atoms with van der Waals surface area (Å²) in [5.74, 6) is 0.650. The number of ether oxygens (including phenoxy) is 1. The molecule has 0 fully saturated rings. The monoisotopic (exact) mass is 305 g/mol. The molecule has 0 aliphatic carbocycles. The Morgan fingerprint density at radius 1 is 1.27 bits per heavy atom. The normalized spacial score (nSPS) is 13.0. The number of methoxy groups -OCH3 is 1. The lowest BCUT2D eigenvalue weighted by molar-refractivity contribution is 0.103. The van der Waals surface area contributed by atoms with Crippen molar-refractivity contribution in [3.63, 3.8) is 0 Å². The minimum absolute atomic E-state index is 0.259. The van der Waals surface area contributed by atoms with Gasteiger partial charge in [0.25, 0.3) is 0 Å². The average Bonchev–Trinajstić information content (AvgIpc) is 2.44. The molecule has 120 valence electrons. The van der Waals surface area contributed by atoms with Gasteiger partial charge in [-0.15, -0.1) is 0 Å². The molecule has 0 aliphatic heterocycles. The summed E-state index contributed by atoms with van der Waals surface area (Å²) in [6.45, 7) is 7.03. The first-order chi connectivity index (χ1) is 10.4. The summed E-state index contributed by atoms with van der Waals surface area (Å²) >= 11 is 0. The van der Waals surface area contributed by atoms with E-state index in [2.05, 4.69) is 18.7 Å². The fourth-order valence-corrected chi connectivity index (χ4v) is 2.48. The van der Waals surface area contributed by atoms with Crippen molar-refractivity contribution in [1.29, 1.82) is 0 Å². The van der Waals surface area contributed by atoms with Crippen molar-refractivity contribution in [2.45, 2.75) is 39.5 Å². The van der Waals surface area contributed by atoms with Gasteiger partial charge < -0.3 is 14.3 Å². The number of aliphatic hydroxyl groups excluding tert-OH is 1. The number of nitrogens with zero attached hydrogens (tertiary/aromatic N) is 1. The summed E-state index contributed by atoms with van der Waals surface area (Å²) in [7, 11) is 1.58. The van der Waals surface area contributed by atoms with Gasteiger partial charge in [0.2, 0.25) is 0 Å². The minimum atomic E-state index is -0.422. The smallest absolute Gasteiger partial charge is 0.336 e. The van der Waals surface area contributed by atoms with Crippen LogP contribution in [-0.2, 0) is 6.54 Å². The molecule has 1 heterocycles. The van der Waals surface area contributed by atoms with Crippen molar-refractivity contribution in [3.8, 4) is 5.75 Å². The highest BCUT2D eigenvalue weighted by atomic mass is 16.5. The van der Waals surface area contributed by atoms with Crippen molar-refractivity contribution in [2.24, 2.45) is 0 Å². The second kappa shape index (κ2) is 6.94. The second-order valence-corrected chi connectivity index (χ2v) is 5.82. The molecule has 1 atom stereocenters. The summed E-state index contributed by atoms with van der Waals surface area (Å²) in [5, 5.41) is 10.5. The number of aliphatic hydroxyl groups is 1. The first kappa shape index (κ1) is 16.5. The van der Waals surface area contributed by atoms with Crippen molar-refractivity contribution < 1.29 is 14.3 Å². The number of hydrogen-bond donors (Lipinski definition) is 1. The maximum atomic E-state index is 11.8. The van der Waals surface area contributed by atoms with Gasteiger partial charge >= 0.3 is 5.63 Å². The van der Waals surface area contributed by atoms with E-state index in [1.54, 1.807) is 20.1 Å².